The summed E-state index contributed by atoms with van der Waals surface area (Å²) in [5, 5.41) is 16.8. The molecule has 208 valence electrons. The van der Waals surface area contributed by atoms with Crippen molar-refractivity contribution in [2.75, 3.05) is 13.2 Å². The lowest BCUT2D eigenvalue weighted by molar-refractivity contribution is -0.134. The standard InChI is InChI=1S/C32H40N2O5/c1-24(2)18-30(35)34-29(19-25-12-6-3-7-13-25)31(36)32(37)33-28(22-38-20-26-14-8-4-9-15-26)23-39-21-27-16-10-5-11-17-27/h3-17,24,28-29,31,36H,18-23H2,1-2H3,(H,33,37)(H,34,35)/t29-,31?/m0/s1. The van der Waals surface area contributed by atoms with Crippen molar-refractivity contribution in [3.05, 3.63) is 108 Å². The third-order valence-electron chi connectivity index (χ3n) is 6.10. The Kier molecular flexibility index (Phi) is 12.7. The van der Waals surface area contributed by atoms with Crippen molar-refractivity contribution >= 4 is 11.8 Å². The van der Waals surface area contributed by atoms with Crippen LogP contribution in [-0.4, -0.2) is 48.3 Å². The van der Waals surface area contributed by atoms with Crippen molar-refractivity contribution in [1.82, 2.24) is 10.6 Å². The molecule has 2 amide bonds. The highest BCUT2D eigenvalue weighted by atomic mass is 16.5. The second kappa shape index (κ2) is 16.4. The molecule has 3 rings (SSSR count). The Bertz CT molecular complexity index is 1060. The lowest BCUT2D eigenvalue weighted by Gasteiger charge is -2.26. The highest BCUT2D eigenvalue weighted by Gasteiger charge is 2.29. The van der Waals surface area contributed by atoms with Crippen LogP contribution in [0.1, 0.15) is 37.0 Å². The van der Waals surface area contributed by atoms with Gasteiger partial charge in [-0.25, -0.2) is 0 Å². The van der Waals surface area contributed by atoms with Crippen LogP contribution < -0.4 is 10.6 Å². The molecule has 0 aliphatic heterocycles. The summed E-state index contributed by atoms with van der Waals surface area (Å²) in [7, 11) is 0. The minimum atomic E-state index is -1.45. The van der Waals surface area contributed by atoms with Gasteiger partial charge in [0, 0.05) is 6.42 Å². The van der Waals surface area contributed by atoms with Crippen molar-refractivity contribution in [3.63, 3.8) is 0 Å². The van der Waals surface area contributed by atoms with Crippen LogP contribution in [0.3, 0.4) is 0 Å². The lowest BCUT2D eigenvalue weighted by Crippen LogP contribution is -2.54. The van der Waals surface area contributed by atoms with E-state index in [1.807, 2.05) is 105 Å². The van der Waals surface area contributed by atoms with Gasteiger partial charge < -0.3 is 25.2 Å². The molecule has 2 atom stereocenters. The molecular weight excluding hydrogens is 492 g/mol. The summed E-state index contributed by atoms with van der Waals surface area (Å²) < 4.78 is 11.8. The van der Waals surface area contributed by atoms with Gasteiger partial charge in [-0.1, -0.05) is 105 Å². The lowest BCUT2D eigenvalue weighted by atomic mass is 9.99. The fourth-order valence-electron chi connectivity index (χ4n) is 4.13. The molecule has 0 fully saturated rings. The minimum absolute atomic E-state index is 0.154. The molecule has 0 bridgehead atoms. The number of aliphatic hydroxyl groups excluding tert-OH is 1. The third kappa shape index (κ3) is 11.4. The van der Waals surface area contributed by atoms with Crippen molar-refractivity contribution < 1.29 is 24.2 Å². The van der Waals surface area contributed by atoms with Gasteiger partial charge in [0.2, 0.25) is 5.91 Å². The summed E-state index contributed by atoms with van der Waals surface area (Å²) in [6.07, 6.45) is -0.825. The van der Waals surface area contributed by atoms with Gasteiger partial charge in [0.05, 0.1) is 38.5 Å². The van der Waals surface area contributed by atoms with Crippen LogP contribution >= 0.6 is 0 Å². The van der Waals surface area contributed by atoms with Gasteiger partial charge in [-0.2, -0.15) is 0 Å². The molecule has 3 N–H and O–H groups in total. The first-order chi connectivity index (χ1) is 18.9. The number of ether oxygens (including phenoxy) is 2. The predicted molar refractivity (Wildman–Crippen MR) is 152 cm³/mol. The van der Waals surface area contributed by atoms with Crippen molar-refractivity contribution in [2.24, 2.45) is 5.92 Å². The summed E-state index contributed by atoms with van der Waals surface area (Å²) >= 11 is 0. The van der Waals surface area contributed by atoms with E-state index < -0.39 is 24.1 Å². The first-order valence-corrected chi connectivity index (χ1v) is 13.5. The smallest absolute Gasteiger partial charge is 0.251 e. The SMILES string of the molecule is CC(C)CC(=O)N[C@@H](Cc1ccccc1)C(O)C(=O)NC(COCc1ccccc1)COCc1ccccc1. The summed E-state index contributed by atoms with van der Waals surface area (Å²) in [4.78, 5) is 25.8. The molecule has 0 radical (unpaired) electrons. The number of carbonyl (C=O) groups is 2. The Morgan fingerprint density at radius 1 is 0.718 bits per heavy atom. The Balaban J connectivity index is 1.64. The minimum Gasteiger partial charge on any atom is -0.381 e. The molecule has 0 saturated heterocycles. The van der Waals surface area contributed by atoms with Gasteiger partial charge in [0.1, 0.15) is 0 Å². The maximum atomic E-state index is 13.2. The molecular formula is C32H40N2O5. The fraction of sp³-hybridized carbons (Fsp3) is 0.375. The van der Waals surface area contributed by atoms with Crippen molar-refractivity contribution in [1.29, 1.82) is 0 Å². The van der Waals surface area contributed by atoms with E-state index in [2.05, 4.69) is 10.6 Å². The maximum absolute atomic E-state index is 13.2. The molecule has 3 aromatic carbocycles. The van der Waals surface area contributed by atoms with Gasteiger partial charge in [-0.15, -0.1) is 0 Å². The number of hydrogen-bond donors (Lipinski definition) is 3. The quantitative estimate of drug-likeness (QED) is 0.259. The zero-order valence-electron chi connectivity index (χ0n) is 22.8. The van der Waals surface area contributed by atoms with Crippen LogP contribution in [0.25, 0.3) is 0 Å². The Hall–Kier alpha value is -3.52. The summed E-state index contributed by atoms with van der Waals surface area (Å²) in [6.45, 7) is 5.07. The number of nitrogens with one attached hydrogen (secondary N) is 2. The van der Waals surface area contributed by atoms with E-state index in [1.165, 1.54) is 0 Å². The molecule has 7 nitrogen and oxygen atoms in total. The Morgan fingerprint density at radius 2 is 1.18 bits per heavy atom. The first-order valence-electron chi connectivity index (χ1n) is 13.5. The van der Waals surface area contributed by atoms with E-state index in [0.29, 0.717) is 26.1 Å². The maximum Gasteiger partial charge on any atom is 0.251 e. The number of carbonyl (C=O) groups excluding carboxylic acids is 2. The second-order valence-corrected chi connectivity index (χ2v) is 10.1. The average molecular weight is 533 g/mol. The first kappa shape index (κ1) is 30.0. The molecule has 39 heavy (non-hydrogen) atoms. The van der Waals surface area contributed by atoms with Crippen LogP contribution in [-0.2, 0) is 38.7 Å². The van der Waals surface area contributed by atoms with E-state index in [-0.39, 0.29) is 25.0 Å². The normalized spacial score (nSPS) is 12.7. The average Bonchev–Trinajstić information content (AvgIpc) is 2.93. The molecule has 0 aliphatic rings. The zero-order chi connectivity index (χ0) is 27.9. The highest BCUT2D eigenvalue weighted by Crippen LogP contribution is 2.10. The van der Waals surface area contributed by atoms with E-state index in [9.17, 15) is 14.7 Å². The van der Waals surface area contributed by atoms with E-state index >= 15 is 0 Å². The number of amides is 2. The molecule has 1 unspecified atom stereocenters. The third-order valence-corrected chi connectivity index (χ3v) is 6.10. The van der Waals surface area contributed by atoms with Crippen LogP contribution in [0.2, 0.25) is 0 Å². The second-order valence-electron chi connectivity index (χ2n) is 10.1. The van der Waals surface area contributed by atoms with E-state index in [4.69, 9.17) is 9.47 Å². The summed E-state index contributed by atoms with van der Waals surface area (Å²) in [6, 6.07) is 27.7. The molecule has 0 heterocycles. The van der Waals surface area contributed by atoms with Gasteiger partial charge in [-0.3, -0.25) is 9.59 Å². The molecule has 0 aliphatic carbocycles. The van der Waals surface area contributed by atoms with Crippen molar-refractivity contribution in [3.8, 4) is 0 Å². The van der Waals surface area contributed by atoms with Gasteiger partial charge in [-0.05, 0) is 29.0 Å². The zero-order valence-corrected chi connectivity index (χ0v) is 22.8. The summed E-state index contributed by atoms with van der Waals surface area (Å²) in [5.41, 5.74) is 2.94. The monoisotopic (exact) mass is 532 g/mol. The molecule has 3 aromatic rings. The van der Waals surface area contributed by atoms with E-state index in [0.717, 1.165) is 16.7 Å². The van der Waals surface area contributed by atoms with Gasteiger partial charge >= 0.3 is 0 Å². The highest BCUT2D eigenvalue weighted by molar-refractivity contribution is 5.83. The number of hydrogen-bond acceptors (Lipinski definition) is 5. The Labute approximate surface area is 231 Å². The number of benzene rings is 3. The summed E-state index contributed by atoms with van der Waals surface area (Å²) in [5.74, 6) is -0.634. The van der Waals surface area contributed by atoms with Crippen molar-refractivity contribution in [2.45, 2.75) is 58.1 Å². The Morgan fingerprint density at radius 3 is 1.64 bits per heavy atom. The molecule has 7 heteroatoms. The van der Waals surface area contributed by atoms with Crippen LogP contribution in [0.5, 0.6) is 0 Å². The molecule has 0 saturated carbocycles. The van der Waals surface area contributed by atoms with E-state index in [1.54, 1.807) is 0 Å². The van der Waals surface area contributed by atoms with Crippen LogP contribution in [0.4, 0.5) is 0 Å². The topological polar surface area (TPSA) is 96.9 Å². The van der Waals surface area contributed by atoms with Crippen LogP contribution in [0.15, 0.2) is 91.0 Å². The number of aliphatic hydroxyl groups is 1. The number of rotatable bonds is 16. The van der Waals surface area contributed by atoms with Crippen LogP contribution in [0, 0.1) is 5.92 Å². The largest absolute Gasteiger partial charge is 0.381 e. The molecule has 0 aromatic heterocycles. The predicted octanol–water partition coefficient (Wildman–Crippen LogP) is 4.04. The van der Waals surface area contributed by atoms with Gasteiger partial charge in [0.15, 0.2) is 6.10 Å². The fourth-order valence-corrected chi connectivity index (χ4v) is 4.13. The van der Waals surface area contributed by atoms with Gasteiger partial charge in [0.25, 0.3) is 5.91 Å². The molecule has 0 spiro atoms.